The maximum atomic E-state index is 12.5. The van der Waals surface area contributed by atoms with Crippen LogP contribution in [-0.4, -0.2) is 40.6 Å². The average Bonchev–Trinajstić information content (AvgIpc) is 3.36. The van der Waals surface area contributed by atoms with E-state index in [1.807, 2.05) is 0 Å². The lowest BCUT2D eigenvalue weighted by atomic mass is 9.96. The van der Waals surface area contributed by atoms with Gasteiger partial charge in [-0.3, -0.25) is 14.4 Å². The molecule has 1 aromatic rings. The quantitative estimate of drug-likeness (QED) is 0.645. The van der Waals surface area contributed by atoms with Crippen molar-refractivity contribution in [2.45, 2.75) is 49.1 Å². The Bertz CT molecular complexity index is 658. The Morgan fingerprint density at radius 1 is 1.12 bits per heavy atom. The molecule has 0 aromatic heterocycles. The fourth-order valence-electron chi connectivity index (χ4n) is 3.04. The molecule has 0 radical (unpaired) electrons. The summed E-state index contributed by atoms with van der Waals surface area (Å²) in [5.41, 5.74) is 5.66. The zero-order chi connectivity index (χ0) is 17.1. The van der Waals surface area contributed by atoms with Gasteiger partial charge in [0.15, 0.2) is 0 Å². The molecule has 128 valence electrons. The van der Waals surface area contributed by atoms with Gasteiger partial charge in [0.25, 0.3) is 11.1 Å². The van der Waals surface area contributed by atoms with E-state index in [2.05, 4.69) is 5.32 Å². The minimum atomic E-state index is -0.522. The van der Waals surface area contributed by atoms with Gasteiger partial charge in [-0.25, -0.2) is 0 Å². The average molecular weight is 347 g/mol. The highest BCUT2D eigenvalue weighted by molar-refractivity contribution is 8.13. The Labute approximate surface area is 145 Å². The van der Waals surface area contributed by atoms with Gasteiger partial charge in [-0.2, -0.15) is 0 Å². The number of rotatable bonds is 4. The number of carbonyl (C=O) groups is 3. The summed E-state index contributed by atoms with van der Waals surface area (Å²) in [4.78, 5) is 37.9. The molecular formula is C17H21N3O3S. The third kappa shape index (κ3) is 3.90. The summed E-state index contributed by atoms with van der Waals surface area (Å²) >= 11 is 1.03. The van der Waals surface area contributed by atoms with E-state index in [4.69, 9.17) is 5.73 Å². The number of carbonyl (C=O) groups excluding carboxylic acids is 3. The third-order valence-electron chi connectivity index (χ3n) is 4.45. The van der Waals surface area contributed by atoms with Crippen LogP contribution in [0.5, 0.6) is 0 Å². The normalized spacial score (nSPS) is 20.5. The van der Waals surface area contributed by atoms with Crippen LogP contribution >= 0.6 is 11.8 Å². The van der Waals surface area contributed by atoms with E-state index in [0.717, 1.165) is 37.4 Å². The van der Waals surface area contributed by atoms with Crippen molar-refractivity contribution in [3.63, 3.8) is 0 Å². The maximum absolute atomic E-state index is 12.5. The van der Waals surface area contributed by atoms with E-state index >= 15 is 0 Å². The van der Waals surface area contributed by atoms with E-state index < -0.39 is 11.9 Å². The Morgan fingerprint density at radius 2 is 1.83 bits per heavy atom. The second-order valence-corrected chi connectivity index (χ2v) is 7.26. The number of nitrogens with two attached hydrogens (primary N) is 1. The van der Waals surface area contributed by atoms with Crippen LogP contribution < -0.4 is 11.1 Å². The minimum absolute atomic E-state index is 0.139. The zero-order valence-corrected chi connectivity index (χ0v) is 14.2. The SMILES string of the molecule is NC(=O)C1CN1C(=O)c1ccccc1SC(=O)NC1CCCCC1. The van der Waals surface area contributed by atoms with E-state index in [0.29, 0.717) is 17.0 Å². The number of nitrogens with zero attached hydrogens (tertiary/aromatic N) is 1. The predicted octanol–water partition coefficient (Wildman–Crippen LogP) is 2.13. The molecule has 1 aliphatic heterocycles. The Balaban J connectivity index is 1.64. The fourth-order valence-corrected chi connectivity index (χ4v) is 3.87. The standard InChI is InChI=1S/C17H21N3O3S/c18-15(21)13-10-20(13)16(22)12-8-4-5-9-14(12)24-17(23)19-11-6-2-1-3-7-11/h4-5,8-9,11,13H,1-3,6-7,10H2,(H2,18,21)(H,19,23). The van der Waals surface area contributed by atoms with Gasteiger partial charge in [-0.05, 0) is 36.7 Å². The van der Waals surface area contributed by atoms with E-state index in [-0.39, 0.29) is 17.2 Å². The first-order valence-electron chi connectivity index (χ1n) is 8.24. The number of thioether (sulfide) groups is 1. The topological polar surface area (TPSA) is 92.3 Å². The van der Waals surface area contributed by atoms with Crippen LogP contribution in [0.25, 0.3) is 0 Å². The number of hydrogen-bond acceptors (Lipinski definition) is 4. The summed E-state index contributed by atoms with van der Waals surface area (Å²) < 4.78 is 0. The number of hydrogen-bond donors (Lipinski definition) is 2. The molecule has 3 N–H and O–H groups in total. The molecule has 6 nitrogen and oxygen atoms in total. The van der Waals surface area contributed by atoms with Crippen LogP contribution in [-0.2, 0) is 4.79 Å². The second-order valence-electron chi connectivity index (χ2n) is 6.24. The lowest BCUT2D eigenvalue weighted by Crippen LogP contribution is -2.33. The van der Waals surface area contributed by atoms with Crippen LogP contribution in [0, 0.1) is 0 Å². The molecule has 3 rings (SSSR count). The summed E-state index contributed by atoms with van der Waals surface area (Å²) in [6.07, 6.45) is 5.55. The van der Waals surface area contributed by atoms with Gasteiger partial charge in [0.05, 0.1) is 12.1 Å². The van der Waals surface area contributed by atoms with Gasteiger partial charge in [-0.15, -0.1) is 0 Å². The third-order valence-corrected chi connectivity index (χ3v) is 5.33. The van der Waals surface area contributed by atoms with Crippen molar-refractivity contribution in [1.82, 2.24) is 10.2 Å². The van der Waals surface area contributed by atoms with Crippen LogP contribution in [0.15, 0.2) is 29.2 Å². The Hall–Kier alpha value is -2.02. The first-order valence-corrected chi connectivity index (χ1v) is 9.05. The molecule has 0 spiro atoms. The summed E-state index contributed by atoms with van der Waals surface area (Å²) in [6, 6.07) is 6.68. The smallest absolute Gasteiger partial charge is 0.284 e. The van der Waals surface area contributed by atoms with Gasteiger partial charge < -0.3 is 16.0 Å². The molecule has 2 fully saturated rings. The van der Waals surface area contributed by atoms with E-state index in [1.165, 1.54) is 11.3 Å². The molecule has 24 heavy (non-hydrogen) atoms. The highest BCUT2D eigenvalue weighted by atomic mass is 32.2. The van der Waals surface area contributed by atoms with Gasteiger partial charge in [0, 0.05) is 10.9 Å². The van der Waals surface area contributed by atoms with Crippen molar-refractivity contribution in [3.05, 3.63) is 29.8 Å². The van der Waals surface area contributed by atoms with Crippen molar-refractivity contribution in [3.8, 4) is 0 Å². The summed E-state index contributed by atoms with van der Waals surface area (Å²) in [7, 11) is 0. The molecule has 1 saturated carbocycles. The summed E-state index contributed by atoms with van der Waals surface area (Å²) in [5.74, 6) is -0.754. The molecule has 1 aliphatic carbocycles. The van der Waals surface area contributed by atoms with Crippen molar-refractivity contribution in [1.29, 1.82) is 0 Å². The molecule has 1 aromatic carbocycles. The van der Waals surface area contributed by atoms with Crippen molar-refractivity contribution in [2.24, 2.45) is 5.73 Å². The Morgan fingerprint density at radius 3 is 2.50 bits per heavy atom. The molecule has 3 amide bonds. The number of benzene rings is 1. The number of primary amides is 1. The van der Waals surface area contributed by atoms with E-state index in [9.17, 15) is 14.4 Å². The highest BCUT2D eigenvalue weighted by Crippen LogP contribution is 2.29. The molecule has 0 bridgehead atoms. The van der Waals surface area contributed by atoms with Gasteiger partial charge >= 0.3 is 0 Å². The molecule has 1 unspecified atom stereocenters. The molecule has 1 heterocycles. The lowest BCUT2D eigenvalue weighted by molar-refractivity contribution is -0.118. The van der Waals surface area contributed by atoms with E-state index in [1.54, 1.807) is 24.3 Å². The first-order chi connectivity index (χ1) is 11.6. The largest absolute Gasteiger partial charge is 0.368 e. The van der Waals surface area contributed by atoms with Crippen molar-refractivity contribution < 1.29 is 14.4 Å². The number of nitrogens with one attached hydrogen (secondary N) is 1. The van der Waals surface area contributed by atoms with Crippen LogP contribution in [0.2, 0.25) is 0 Å². The zero-order valence-electron chi connectivity index (χ0n) is 13.4. The van der Waals surface area contributed by atoms with Crippen LogP contribution in [0.3, 0.4) is 0 Å². The van der Waals surface area contributed by atoms with Crippen LogP contribution in [0.4, 0.5) is 4.79 Å². The first kappa shape index (κ1) is 16.8. The summed E-state index contributed by atoms with van der Waals surface area (Å²) in [6.45, 7) is 0.349. The van der Waals surface area contributed by atoms with Crippen molar-refractivity contribution >= 4 is 28.8 Å². The fraction of sp³-hybridized carbons (Fsp3) is 0.471. The molecule has 1 atom stereocenters. The predicted molar refractivity (Wildman–Crippen MR) is 91.7 cm³/mol. The second kappa shape index (κ2) is 7.25. The maximum Gasteiger partial charge on any atom is 0.284 e. The highest BCUT2D eigenvalue weighted by Gasteiger charge is 2.43. The monoisotopic (exact) mass is 347 g/mol. The molecule has 7 heteroatoms. The number of amides is 3. The van der Waals surface area contributed by atoms with Crippen LogP contribution in [0.1, 0.15) is 42.5 Å². The summed E-state index contributed by atoms with van der Waals surface area (Å²) in [5, 5.41) is 2.89. The lowest BCUT2D eigenvalue weighted by Gasteiger charge is -2.22. The van der Waals surface area contributed by atoms with Gasteiger partial charge in [0.2, 0.25) is 5.91 Å². The molecular weight excluding hydrogens is 326 g/mol. The van der Waals surface area contributed by atoms with Gasteiger partial charge in [-0.1, -0.05) is 31.4 Å². The Kier molecular flexibility index (Phi) is 5.08. The minimum Gasteiger partial charge on any atom is -0.368 e. The van der Waals surface area contributed by atoms with Crippen molar-refractivity contribution in [2.75, 3.05) is 6.54 Å². The van der Waals surface area contributed by atoms with Gasteiger partial charge in [0.1, 0.15) is 6.04 Å². The molecule has 1 saturated heterocycles. The molecule has 2 aliphatic rings.